The molecular weight excluding hydrogens is 168 g/mol. The molecule has 0 spiro atoms. The average molecular weight is 192 g/mol. The van der Waals surface area contributed by atoms with Gasteiger partial charge in [0.25, 0.3) is 0 Å². The van der Waals surface area contributed by atoms with Crippen molar-refractivity contribution in [3.05, 3.63) is 12.2 Å². The van der Waals surface area contributed by atoms with Crippen LogP contribution >= 0.6 is 0 Å². The summed E-state index contributed by atoms with van der Waals surface area (Å²) in [5.74, 6) is 3.25. The third-order valence-electron chi connectivity index (χ3n) is 3.73. The maximum absolute atomic E-state index is 2.51. The van der Waals surface area contributed by atoms with Gasteiger partial charge in [0.15, 0.2) is 0 Å². The van der Waals surface area contributed by atoms with Crippen molar-refractivity contribution < 1.29 is 0 Å². The fourth-order valence-electron chi connectivity index (χ4n) is 2.48. The van der Waals surface area contributed by atoms with Gasteiger partial charge in [-0.15, -0.1) is 0 Å². The van der Waals surface area contributed by atoms with Crippen molar-refractivity contribution in [2.75, 3.05) is 0 Å². The van der Waals surface area contributed by atoms with Crippen LogP contribution in [0.15, 0.2) is 12.2 Å². The first kappa shape index (κ1) is 10.3. The van der Waals surface area contributed by atoms with Crippen LogP contribution in [0.4, 0.5) is 0 Å². The van der Waals surface area contributed by atoms with Gasteiger partial charge in [-0.05, 0) is 49.9 Å². The van der Waals surface area contributed by atoms with E-state index in [4.69, 9.17) is 0 Å². The zero-order chi connectivity index (χ0) is 9.80. The van der Waals surface area contributed by atoms with Crippen molar-refractivity contribution in [1.82, 2.24) is 0 Å². The van der Waals surface area contributed by atoms with Crippen molar-refractivity contribution in [3.8, 4) is 0 Å². The second-order valence-corrected chi connectivity index (χ2v) is 5.18. The number of hydrogen-bond donors (Lipinski definition) is 0. The molecule has 0 N–H and O–H groups in total. The lowest BCUT2D eigenvalue weighted by Crippen LogP contribution is -1.80. The van der Waals surface area contributed by atoms with E-state index in [2.05, 4.69) is 19.1 Å². The quantitative estimate of drug-likeness (QED) is 0.410. The van der Waals surface area contributed by atoms with Crippen molar-refractivity contribution in [1.29, 1.82) is 0 Å². The van der Waals surface area contributed by atoms with Gasteiger partial charge in [0.2, 0.25) is 0 Å². The van der Waals surface area contributed by atoms with Gasteiger partial charge in [-0.2, -0.15) is 0 Å². The Hall–Kier alpha value is -0.260. The molecule has 2 aliphatic rings. The summed E-state index contributed by atoms with van der Waals surface area (Å²) >= 11 is 0. The molecule has 2 rings (SSSR count). The Labute approximate surface area is 88.8 Å². The molecule has 2 saturated carbocycles. The van der Waals surface area contributed by atoms with Crippen LogP contribution < -0.4 is 0 Å². The predicted octanol–water partition coefficient (Wildman–Crippen LogP) is 4.56. The predicted molar refractivity (Wildman–Crippen MR) is 62.2 cm³/mol. The van der Waals surface area contributed by atoms with E-state index < -0.39 is 0 Å². The molecule has 2 unspecified atom stereocenters. The van der Waals surface area contributed by atoms with E-state index in [1.165, 1.54) is 51.4 Å². The molecule has 2 aliphatic carbocycles. The zero-order valence-electron chi connectivity index (χ0n) is 9.54. The van der Waals surface area contributed by atoms with E-state index in [1.54, 1.807) is 0 Å². The van der Waals surface area contributed by atoms with Gasteiger partial charge in [-0.25, -0.2) is 0 Å². The van der Waals surface area contributed by atoms with Gasteiger partial charge in [0, 0.05) is 0 Å². The van der Waals surface area contributed by atoms with Crippen LogP contribution in [0.25, 0.3) is 0 Å². The van der Waals surface area contributed by atoms with Crippen molar-refractivity contribution in [2.45, 2.75) is 58.3 Å². The topological polar surface area (TPSA) is 0 Å². The maximum atomic E-state index is 2.51. The normalized spacial score (nSPS) is 31.2. The summed E-state index contributed by atoms with van der Waals surface area (Å²) in [5, 5.41) is 0. The van der Waals surface area contributed by atoms with Gasteiger partial charge in [0.1, 0.15) is 0 Å². The van der Waals surface area contributed by atoms with E-state index >= 15 is 0 Å². The molecule has 80 valence electrons. The number of allylic oxidation sites excluding steroid dienone is 2. The highest BCUT2D eigenvalue weighted by atomic mass is 14.5. The Morgan fingerprint density at radius 3 is 2.71 bits per heavy atom. The van der Waals surface area contributed by atoms with Gasteiger partial charge in [-0.1, -0.05) is 38.3 Å². The molecule has 0 aromatic carbocycles. The summed E-state index contributed by atoms with van der Waals surface area (Å²) in [6.07, 6.45) is 16.5. The lowest BCUT2D eigenvalue weighted by atomic mass is 10.1. The second kappa shape index (κ2) is 5.00. The Balaban J connectivity index is 1.47. The summed E-state index contributed by atoms with van der Waals surface area (Å²) in [6, 6.07) is 0. The molecule has 0 nitrogen and oxygen atoms in total. The molecule has 0 aromatic rings. The first-order valence-corrected chi connectivity index (χ1v) is 6.58. The highest BCUT2D eigenvalue weighted by Crippen LogP contribution is 2.54. The largest absolute Gasteiger partial charge is 0.0882 e. The summed E-state index contributed by atoms with van der Waals surface area (Å²) in [7, 11) is 0. The number of hydrogen-bond acceptors (Lipinski definition) is 0. The minimum Gasteiger partial charge on any atom is -0.0882 e. The summed E-state index contributed by atoms with van der Waals surface area (Å²) < 4.78 is 0. The molecule has 0 aliphatic heterocycles. The smallest absolute Gasteiger partial charge is 0.0199 e. The first-order chi connectivity index (χ1) is 6.92. The molecule has 2 fully saturated rings. The Morgan fingerprint density at radius 2 is 2.00 bits per heavy atom. The van der Waals surface area contributed by atoms with E-state index in [0.717, 1.165) is 17.8 Å². The van der Waals surface area contributed by atoms with Crippen LogP contribution in [0.1, 0.15) is 58.3 Å². The minimum absolute atomic E-state index is 0.994. The number of rotatable bonds is 7. The summed E-state index contributed by atoms with van der Waals surface area (Å²) in [6.45, 7) is 2.28. The summed E-state index contributed by atoms with van der Waals surface area (Å²) in [4.78, 5) is 0. The SMILES string of the molecule is CCCCCC/C=C/C1CC1C1CC1. The van der Waals surface area contributed by atoms with Crippen molar-refractivity contribution >= 4 is 0 Å². The molecule has 0 radical (unpaired) electrons. The third-order valence-corrected chi connectivity index (χ3v) is 3.73. The van der Waals surface area contributed by atoms with Crippen molar-refractivity contribution in [2.24, 2.45) is 17.8 Å². The zero-order valence-corrected chi connectivity index (χ0v) is 9.54. The van der Waals surface area contributed by atoms with E-state index in [9.17, 15) is 0 Å². The molecule has 2 atom stereocenters. The first-order valence-electron chi connectivity index (χ1n) is 6.58. The fourth-order valence-corrected chi connectivity index (χ4v) is 2.48. The molecule has 0 aromatic heterocycles. The van der Waals surface area contributed by atoms with Gasteiger partial charge in [-0.3, -0.25) is 0 Å². The molecular formula is C14H24. The highest BCUT2D eigenvalue weighted by molar-refractivity contribution is 5.06. The van der Waals surface area contributed by atoms with E-state index in [-0.39, 0.29) is 0 Å². The lowest BCUT2D eigenvalue weighted by molar-refractivity contribution is 0.667. The van der Waals surface area contributed by atoms with E-state index in [0.29, 0.717) is 0 Å². The molecule has 0 bridgehead atoms. The minimum atomic E-state index is 0.994. The van der Waals surface area contributed by atoms with Crippen LogP contribution in [-0.2, 0) is 0 Å². The van der Waals surface area contributed by atoms with E-state index in [1.807, 2.05) is 0 Å². The second-order valence-electron chi connectivity index (χ2n) is 5.18. The molecule has 0 heteroatoms. The lowest BCUT2D eigenvalue weighted by Gasteiger charge is -1.94. The monoisotopic (exact) mass is 192 g/mol. The Kier molecular flexibility index (Phi) is 3.67. The fraction of sp³-hybridized carbons (Fsp3) is 0.857. The molecule has 0 amide bonds. The van der Waals surface area contributed by atoms with Crippen LogP contribution in [0.5, 0.6) is 0 Å². The van der Waals surface area contributed by atoms with Gasteiger partial charge >= 0.3 is 0 Å². The molecule has 14 heavy (non-hydrogen) atoms. The standard InChI is InChI=1S/C14H24/c1-2-3-4-5-6-7-8-13-11-14(13)12-9-10-12/h7-8,12-14H,2-6,9-11H2,1H3/b8-7+. The van der Waals surface area contributed by atoms with Gasteiger partial charge in [0.05, 0.1) is 0 Å². The Morgan fingerprint density at radius 1 is 1.14 bits per heavy atom. The molecule has 0 saturated heterocycles. The van der Waals surface area contributed by atoms with Crippen LogP contribution in [-0.4, -0.2) is 0 Å². The molecule has 0 heterocycles. The van der Waals surface area contributed by atoms with Crippen molar-refractivity contribution in [3.63, 3.8) is 0 Å². The van der Waals surface area contributed by atoms with Crippen LogP contribution in [0.3, 0.4) is 0 Å². The summed E-state index contributed by atoms with van der Waals surface area (Å²) in [5.41, 5.74) is 0. The highest BCUT2D eigenvalue weighted by Gasteiger charge is 2.45. The third kappa shape index (κ3) is 3.15. The van der Waals surface area contributed by atoms with Crippen LogP contribution in [0.2, 0.25) is 0 Å². The number of unbranched alkanes of at least 4 members (excludes halogenated alkanes) is 4. The maximum Gasteiger partial charge on any atom is -0.0199 e. The van der Waals surface area contributed by atoms with Gasteiger partial charge < -0.3 is 0 Å². The average Bonchev–Trinajstić information content (AvgIpc) is 3.01. The van der Waals surface area contributed by atoms with Crippen LogP contribution in [0, 0.1) is 17.8 Å². The Bertz CT molecular complexity index is 188.